The summed E-state index contributed by atoms with van der Waals surface area (Å²) in [5.74, 6) is 0.0422. The van der Waals surface area contributed by atoms with Gasteiger partial charge in [-0.05, 0) is 74.6 Å². The number of carbonyl (C=O) groups excluding carboxylic acids is 1. The van der Waals surface area contributed by atoms with Gasteiger partial charge in [0.15, 0.2) is 0 Å². The van der Waals surface area contributed by atoms with Gasteiger partial charge in [-0.1, -0.05) is 12.1 Å². The number of nitrogens with two attached hydrogens (primary N) is 1. The lowest BCUT2D eigenvalue weighted by atomic mass is 10.0. The molecule has 0 aliphatic rings. The standard InChI is InChI=1S/C19H24N2O3S2/c1-11-6-7-16(9-17(11)26(20,23)24)21-18(22)10-25-19-14(4)12(2)8-13(3)15(19)5/h6-9H,10H2,1-5H3,(H,21,22)(H2,20,23,24). The Bertz CT molecular complexity index is 941. The van der Waals surface area contributed by atoms with E-state index in [9.17, 15) is 13.2 Å². The Balaban J connectivity index is 2.14. The number of anilines is 1. The first-order chi connectivity index (χ1) is 12.0. The third-order valence-electron chi connectivity index (χ3n) is 4.42. The van der Waals surface area contributed by atoms with E-state index in [1.807, 2.05) is 0 Å². The van der Waals surface area contributed by atoms with Gasteiger partial charge in [0.25, 0.3) is 0 Å². The third kappa shape index (κ3) is 4.66. The minimum Gasteiger partial charge on any atom is -0.325 e. The molecule has 2 aromatic carbocycles. The molecule has 0 aliphatic heterocycles. The third-order valence-corrected chi connectivity index (χ3v) is 6.78. The van der Waals surface area contributed by atoms with Crippen molar-refractivity contribution in [2.75, 3.05) is 11.1 Å². The molecule has 2 aromatic rings. The summed E-state index contributed by atoms with van der Waals surface area (Å²) in [6.45, 7) is 9.90. The van der Waals surface area contributed by atoms with Crippen molar-refractivity contribution >= 4 is 33.4 Å². The van der Waals surface area contributed by atoms with E-state index in [4.69, 9.17) is 5.14 Å². The number of amides is 1. The van der Waals surface area contributed by atoms with Gasteiger partial charge in [0.2, 0.25) is 15.9 Å². The van der Waals surface area contributed by atoms with E-state index >= 15 is 0 Å². The molecule has 0 saturated heterocycles. The van der Waals surface area contributed by atoms with Crippen LogP contribution in [-0.2, 0) is 14.8 Å². The molecular weight excluding hydrogens is 368 g/mol. The van der Waals surface area contributed by atoms with Crippen LogP contribution >= 0.6 is 11.8 Å². The summed E-state index contributed by atoms with van der Waals surface area (Å²) >= 11 is 1.49. The van der Waals surface area contributed by atoms with Gasteiger partial charge < -0.3 is 5.32 Å². The van der Waals surface area contributed by atoms with Gasteiger partial charge in [-0.25, -0.2) is 13.6 Å². The molecule has 1 amide bonds. The van der Waals surface area contributed by atoms with Crippen LogP contribution in [0, 0.1) is 34.6 Å². The highest BCUT2D eigenvalue weighted by Crippen LogP contribution is 2.31. The van der Waals surface area contributed by atoms with Gasteiger partial charge >= 0.3 is 0 Å². The maximum Gasteiger partial charge on any atom is 0.238 e. The van der Waals surface area contributed by atoms with Gasteiger partial charge in [-0.15, -0.1) is 11.8 Å². The number of primary sulfonamides is 1. The molecule has 0 heterocycles. The van der Waals surface area contributed by atoms with E-state index in [0.717, 1.165) is 4.90 Å². The highest BCUT2D eigenvalue weighted by atomic mass is 32.2. The Morgan fingerprint density at radius 1 is 1.00 bits per heavy atom. The predicted molar refractivity (Wildman–Crippen MR) is 107 cm³/mol. The zero-order chi connectivity index (χ0) is 19.6. The van der Waals surface area contributed by atoms with Gasteiger partial charge in [0.05, 0.1) is 10.6 Å². The molecule has 2 rings (SSSR count). The van der Waals surface area contributed by atoms with Crippen LogP contribution < -0.4 is 10.5 Å². The SMILES string of the molecule is Cc1ccc(NC(=O)CSc2c(C)c(C)cc(C)c2C)cc1S(N)(=O)=O. The number of hydrogen-bond acceptors (Lipinski definition) is 4. The number of carbonyl (C=O) groups is 1. The van der Waals surface area contributed by atoms with E-state index in [-0.39, 0.29) is 16.6 Å². The van der Waals surface area contributed by atoms with Crippen LogP contribution in [-0.4, -0.2) is 20.1 Å². The van der Waals surface area contributed by atoms with E-state index in [2.05, 4.69) is 39.1 Å². The van der Waals surface area contributed by atoms with Crippen molar-refractivity contribution in [3.05, 3.63) is 52.1 Å². The molecule has 0 aromatic heterocycles. The number of hydrogen-bond donors (Lipinski definition) is 2. The molecule has 0 atom stereocenters. The van der Waals surface area contributed by atoms with Crippen LogP contribution in [0.2, 0.25) is 0 Å². The monoisotopic (exact) mass is 392 g/mol. The minimum absolute atomic E-state index is 0.0175. The second kappa shape index (κ2) is 7.82. The van der Waals surface area contributed by atoms with Crippen LogP contribution in [0.4, 0.5) is 5.69 Å². The van der Waals surface area contributed by atoms with Crippen molar-refractivity contribution in [1.29, 1.82) is 0 Å². The van der Waals surface area contributed by atoms with Gasteiger partial charge in [0.1, 0.15) is 0 Å². The van der Waals surface area contributed by atoms with Crippen molar-refractivity contribution in [1.82, 2.24) is 0 Å². The molecule has 0 saturated carbocycles. The van der Waals surface area contributed by atoms with Crippen LogP contribution in [0.5, 0.6) is 0 Å². The van der Waals surface area contributed by atoms with Crippen molar-refractivity contribution in [3.63, 3.8) is 0 Å². The van der Waals surface area contributed by atoms with Gasteiger partial charge in [-0.2, -0.15) is 0 Å². The molecule has 0 unspecified atom stereocenters. The van der Waals surface area contributed by atoms with Crippen LogP contribution in [0.15, 0.2) is 34.1 Å². The molecule has 0 radical (unpaired) electrons. The molecule has 26 heavy (non-hydrogen) atoms. The van der Waals surface area contributed by atoms with Crippen molar-refractivity contribution in [2.24, 2.45) is 5.14 Å². The smallest absolute Gasteiger partial charge is 0.238 e. The molecule has 0 aliphatic carbocycles. The average molecular weight is 393 g/mol. The number of sulfonamides is 1. The van der Waals surface area contributed by atoms with Crippen LogP contribution in [0.25, 0.3) is 0 Å². The lowest BCUT2D eigenvalue weighted by Crippen LogP contribution is -2.17. The lowest BCUT2D eigenvalue weighted by Gasteiger charge is -2.15. The summed E-state index contributed by atoms with van der Waals surface area (Å²) < 4.78 is 23.2. The number of thioether (sulfide) groups is 1. The second-order valence-electron chi connectivity index (χ2n) is 6.45. The number of benzene rings is 2. The molecule has 5 nitrogen and oxygen atoms in total. The second-order valence-corrected chi connectivity index (χ2v) is 8.97. The Morgan fingerprint density at radius 3 is 2.12 bits per heavy atom. The first-order valence-electron chi connectivity index (χ1n) is 8.14. The maximum absolute atomic E-state index is 12.3. The van der Waals surface area contributed by atoms with Crippen molar-refractivity contribution < 1.29 is 13.2 Å². The zero-order valence-corrected chi connectivity index (χ0v) is 17.3. The van der Waals surface area contributed by atoms with E-state index in [1.54, 1.807) is 19.1 Å². The molecule has 0 spiro atoms. The normalized spacial score (nSPS) is 11.5. The molecular formula is C19H24N2O3S2. The Labute approximate surface area is 159 Å². The summed E-state index contributed by atoms with van der Waals surface area (Å²) in [6, 6.07) is 6.83. The summed E-state index contributed by atoms with van der Waals surface area (Å²) in [7, 11) is -3.82. The predicted octanol–water partition coefficient (Wildman–Crippen LogP) is 3.61. The van der Waals surface area contributed by atoms with E-state index in [1.165, 1.54) is 40.1 Å². The van der Waals surface area contributed by atoms with Crippen LogP contribution in [0.1, 0.15) is 27.8 Å². The fourth-order valence-corrected chi connectivity index (χ4v) is 4.63. The fraction of sp³-hybridized carbons (Fsp3) is 0.316. The van der Waals surface area contributed by atoms with E-state index in [0.29, 0.717) is 11.3 Å². The first-order valence-corrected chi connectivity index (χ1v) is 10.7. The van der Waals surface area contributed by atoms with Crippen LogP contribution in [0.3, 0.4) is 0 Å². The summed E-state index contributed by atoms with van der Waals surface area (Å²) in [6.07, 6.45) is 0. The highest BCUT2D eigenvalue weighted by Gasteiger charge is 2.14. The van der Waals surface area contributed by atoms with E-state index < -0.39 is 10.0 Å². The summed E-state index contributed by atoms with van der Waals surface area (Å²) in [5.41, 5.74) is 5.72. The fourth-order valence-electron chi connectivity index (χ4n) is 2.72. The summed E-state index contributed by atoms with van der Waals surface area (Å²) in [5, 5.41) is 7.95. The largest absolute Gasteiger partial charge is 0.325 e. The highest BCUT2D eigenvalue weighted by molar-refractivity contribution is 8.00. The minimum atomic E-state index is -3.82. The Hall–Kier alpha value is -1.83. The van der Waals surface area contributed by atoms with Crippen molar-refractivity contribution in [3.8, 4) is 0 Å². The average Bonchev–Trinajstić information content (AvgIpc) is 2.54. The number of nitrogens with one attached hydrogen (secondary N) is 1. The topological polar surface area (TPSA) is 89.3 Å². The molecule has 0 fully saturated rings. The van der Waals surface area contributed by atoms with Gasteiger partial charge in [-0.3, -0.25) is 4.79 Å². The molecule has 140 valence electrons. The zero-order valence-electron chi connectivity index (χ0n) is 15.6. The lowest BCUT2D eigenvalue weighted by molar-refractivity contribution is -0.113. The Morgan fingerprint density at radius 2 is 1.58 bits per heavy atom. The molecule has 3 N–H and O–H groups in total. The number of rotatable bonds is 5. The first kappa shape index (κ1) is 20.5. The maximum atomic E-state index is 12.3. The number of aryl methyl sites for hydroxylation is 3. The van der Waals surface area contributed by atoms with Gasteiger partial charge in [0, 0.05) is 10.6 Å². The Kier molecular flexibility index (Phi) is 6.16. The molecule has 7 heteroatoms. The quantitative estimate of drug-likeness (QED) is 0.761. The van der Waals surface area contributed by atoms with Crippen molar-refractivity contribution in [2.45, 2.75) is 44.4 Å². The summed E-state index contributed by atoms with van der Waals surface area (Å²) in [4.78, 5) is 13.4. The molecule has 0 bridgehead atoms.